The molecule has 1 aliphatic carbocycles. The van der Waals surface area contributed by atoms with Gasteiger partial charge in [0.05, 0.1) is 34.0 Å². The van der Waals surface area contributed by atoms with Gasteiger partial charge < -0.3 is 15.0 Å². The number of nitrogens with one attached hydrogen (secondary N) is 1. The van der Waals surface area contributed by atoms with Crippen molar-refractivity contribution >= 4 is 29.1 Å². The highest BCUT2D eigenvalue weighted by Crippen LogP contribution is 2.42. The number of benzene rings is 2. The molecule has 2 aromatic carbocycles. The maximum absolute atomic E-state index is 14.3. The number of nitrogens with zero attached hydrogens (tertiary/aromatic N) is 3. The molecule has 2 heterocycles. The van der Waals surface area contributed by atoms with Crippen LogP contribution >= 0.6 is 11.6 Å². The van der Waals surface area contributed by atoms with E-state index in [0.717, 1.165) is 25.3 Å². The zero-order chi connectivity index (χ0) is 26.9. The number of halogens is 2. The summed E-state index contributed by atoms with van der Waals surface area (Å²) >= 11 is 5.85. The summed E-state index contributed by atoms with van der Waals surface area (Å²) in [6.45, 7) is 0.489. The summed E-state index contributed by atoms with van der Waals surface area (Å²) in [5.74, 6) is -0.397. The molecule has 0 spiro atoms. The number of nitro benzene ring substituents is 1. The first-order valence-corrected chi connectivity index (χ1v) is 12.6. The number of amides is 2. The van der Waals surface area contributed by atoms with Gasteiger partial charge in [-0.15, -0.1) is 0 Å². The van der Waals surface area contributed by atoms with Gasteiger partial charge >= 0.3 is 0 Å². The average Bonchev–Trinajstić information content (AvgIpc) is 3.45. The lowest BCUT2D eigenvalue weighted by Crippen LogP contribution is -2.54. The van der Waals surface area contributed by atoms with Gasteiger partial charge in [0.2, 0.25) is 11.8 Å². The predicted octanol–water partition coefficient (Wildman–Crippen LogP) is 5.07. The third-order valence-electron chi connectivity index (χ3n) is 7.18. The van der Waals surface area contributed by atoms with E-state index in [9.17, 15) is 24.1 Å². The maximum Gasteiger partial charge on any atom is 0.272 e. The quantitative estimate of drug-likeness (QED) is 0.332. The Bertz CT molecular complexity index is 1390. The number of nitro groups is 1. The fraction of sp³-hybridized carbons (Fsp3) is 0.296. The smallest absolute Gasteiger partial charge is 0.272 e. The van der Waals surface area contributed by atoms with E-state index in [1.165, 1.54) is 18.3 Å². The van der Waals surface area contributed by atoms with Crippen LogP contribution in [0.15, 0.2) is 60.8 Å². The van der Waals surface area contributed by atoms with Crippen molar-refractivity contribution in [2.45, 2.75) is 43.7 Å². The third-order valence-corrected chi connectivity index (χ3v) is 7.41. The van der Waals surface area contributed by atoms with Crippen LogP contribution in [0.5, 0.6) is 11.6 Å². The van der Waals surface area contributed by atoms with Crippen LogP contribution in [0.2, 0.25) is 5.02 Å². The first-order chi connectivity index (χ1) is 18.2. The van der Waals surface area contributed by atoms with Gasteiger partial charge in [0, 0.05) is 30.4 Å². The van der Waals surface area contributed by atoms with Gasteiger partial charge in [-0.05, 0) is 67.6 Å². The van der Waals surface area contributed by atoms with Crippen molar-refractivity contribution in [3.63, 3.8) is 0 Å². The average molecular weight is 539 g/mol. The van der Waals surface area contributed by atoms with Crippen LogP contribution in [0.3, 0.4) is 0 Å². The molecule has 0 radical (unpaired) electrons. The summed E-state index contributed by atoms with van der Waals surface area (Å²) in [6.07, 6.45) is 4.16. The first-order valence-electron chi connectivity index (χ1n) is 12.2. The van der Waals surface area contributed by atoms with Crippen LogP contribution < -0.4 is 10.1 Å². The second-order valence-corrected chi connectivity index (χ2v) is 9.95. The van der Waals surface area contributed by atoms with E-state index >= 15 is 0 Å². The minimum Gasteiger partial charge on any atom is -0.439 e. The van der Waals surface area contributed by atoms with Gasteiger partial charge in [0.15, 0.2) is 0 Å². The molecular formula is C27H24ClFN4O5. The molecule has 38 heavy (non-hydrogen) atoms. The Balaban J connectivity index is 1.24. The molecule has 1 saturated heterocycles. The van der Waals surface area contributed by atoms with E-state index in [1.54, 1.807) is 41.3 Å². The lowest BCUT2D eigenvalue weighted by atomic mass is 9.92. The Hall–Kier alpha value is -4.05. The normalized spacial score (nSPS) is 20.2. The Morgan fingerprint density at radius 3 is 2.66 bits per heavy atom. The molecule has 2 atom stereocenters. The first kappa shape index (κ1) is 25.6. The molecule has 1 saturated carbocycles. The molecule has 1 aromatic heterocycles. The summed E-state index contributed by atoms with van der Waals surface area (Å²) in [6, 6.07) is 13.2. The number of pyridine rings is 1. The highest BCUT2D eigenvalue weighted by Gasteiger charge is 2.52. The Morgan fingerprint density at radius 1 is 1.18 bits per heavy atom. The van der Waals surface area contributed by atoms with Gasteiger partial charge in [0.1, 0.15) is 11.6 Å². The van der Waals surface area contributed by atoms with Crippen molar-refractivity contribution in [3.8, 4) is 11.6 Å². The molecule has 11 heteroatoms. The van der Waals surface area contributed by atoms with Crippen LogP contribution in [0.25, 0.3) is 0 Å². The van der Waals surface area contributed by atoms with Crippen molar-refractivity contribution in [2.24, 2.45) is 0 Å². The number of aromatic nitrogens is 1. The van der Waals surface area contributed by atoms with Crippen molar-refractivity contribution in [2.75, 3.05) is 6.54 Å². The number of hydrogen-bond acceptors (Lipinski definition) is 6. The van der Waals surface area contributed by atoms with Crippen LogP contribution in [-0.4, -0.2) is 44.7 Å². The number of non-ortho nitro benzene ring substituents is 1. The van der Waals surface area contributed by atoms with Crippen molar-refractivity contribution in [1.82, 2.24) is 15.2 Å². The van der Waals surface area contributed by atoms with Crippen LogP contribution in [0.4, 0.5) is 10.1 Å². The SMILES string of the molecule is O=C(Cc1ccc([N+](=O)[O-])cc1F)N[C@@]12CCC[C@@H]1N(C(=O)c1ccc(Oc3ccc(Cl)cn3)cc1)CC2. The third kappa shape index (κ3) is 5.17. The molecule has 1 aliphatic heterocycles. The van der Waals surface area contributed by atoms with E-state index in [2.05, 4.69) is 10.3 Å². The number of carbonyl (C=O) groups excluding carboxylic acids is 2. The van der Waals surface area contributed by atoms with Crippen LogP contribution in [0.1, 0.15) is 41.6 Å². The molecule has 2 aliphatic rings. The number of carbonyl (C=O) groups is 2. The molecule has 9 nitrogen and oxygen atoms in total. The van der Waals surface area contributed by atoms with E-state index in [4.69, 9.17) is 16.3 Å². The molecule has 196 valence electrons. The number of ether oxygens (including phenoxy) is 1. The molecule has 5 rings (SSSR count). The van der Waals surface area contributed by atoms with Gasteiger partial charge in [-0.25, -0.2) is 9.37 Å². The standard InChI is InChI=1S/C27H24ClFN4O5/c28-19-6-10-25(30-16-19)38-21-8-4-17(5-9-21)26(35)32-13-12-27(11-1-2-23(27)32)31-24(34)14-18-3-7-20(33(36)37)15-22(18)29/h3-10,15-16,23H,1-2,11-14H2,(H,31,34)/t23-,27+/m0/s1. The van der Waals surface area contributed by atoms with Crippen LogP contribution in [-0.2, 0) is 11.2 Å². The number of rotatable bonds is 7. The highest BCUT2D eigenvalue weighted by atomic mass is 35.5. The van der Waals surface area contributed by atoms with Gasteiger partial charge in [-0.2, -0.15) is 0 Å². The number of likely N-dealkylation sites (tertiary alicyclic amines) is 1. The lowest BCUT2D eigenvalue weighted by molar-refractivity contribution is -0.385. The lowest BCUT2D eigenvalue weighted by Gasteiger charge is -2.33. The second-order valence-electron chi connectivity index (χ2n) is 9.51. The highest BCUT2D eigenvalue weighted by molar-refractivity contribution is 6.30. The minimum atomic E-state index is -0.794. The summed E-state index contributed by atoms with van der Waals surface area (Å²) in [5, 5.41) is 14.4. The molecule has 2 fully saturated rings. The molecule has 0 unspecified atom stereocenters. The molecule has 3 aromatic rings. The van der Waals surface area contributed by atoms with Crippen molar-refractivity contribution in [1.29, 1.82) is 0 Å². The Kier molecular flexibility index (Phi) is 6.98. The second kappa shape index (κ2) is 10.4. The Labute approximate surface area is 222 Å². The summed E-state index contributed by atoms with van der Waals surface area (Å²) in [4.78, 5) is 42.3. The van der Waals surface area contributed by atoms with Gasteiger partial charge in [0.25, 0.3) is 11.6 Å². The molecule has 1 N–H and O–H groups in total. The topological polar surface area (TPSA) is 115 Å². The maximum atomic E-state index is 14.3. The molecule has 0 bridgehead atoms. The number of hydrogen-bond donors (Lipinski definition) is 1. The summed E-state index contributed by atoms with van der Waals surface area (Å²) < 4.78 is 20.0. The summed E-state index contributed by atoms with van der Waals surface area (Å²) in [5.41, 5.74) is -0.357. The molecule has 2 amide bonds. The monoisotopic (exact) mass is 538 g/mol. The van der Waals surface area contributed by atoms with E-state index < -0.39 is 16.3 Å². The Morgan fingerprint density at radius 2 is 1.97 bits per heavy atom. The fourth-order valence-electron chi connectivity index (χ4n) is 5.39. The van der Waals surface area contributed by atoms with E-state index in [1.807, 2.05) is 0 Å². The van der Waals surface area contributed by atoms with Crippen molar-refractivity contribution < 1.29 is 23.6 Å². The molecular weight excluding hydrogens is 515 g/mol. The zero-order valence-corrected chi connectivity index (χ0v) is 21.0. The number of fused-ring (bicyclic) bond motifs is 1. The van der Waals surface area contributed by atoms with Gasteiger partial charge in [-0.1, -0.05) is 11.6 Å². The largest absolute Gasteiger partial charge is 0.439 e. The van der Waals surface area contributed by atoms with Crippen LogP contribution in [0, 0.1) is 15.9 Å². The predicted molar refractivity (Wildman–Crippen MR) is 137 cm³/mol. The fourth-order valence-corrected chi connectivity index (χ4v) is 5.50. The zero-order valence-electron chi connectivity index (χ0n) is 20.2. The van der Waals surface area contributed by atoms with E-state index in [-0.39, 0.29) is 35.5 Å². The van der Waals surface area contributed by atoms with Gasteiger partial charge in [-0.3, -0.25) is 19.7 Å². The summed E-state index contributed by atoms with van der Waals surface area (Å²) in [7, 11) is 0. The van der Waals surface area contributed by atoms with E-state index in [0.29, 0.717) is 35.2 Å². The van der Waals surface area contributed by atoms with Crippen molar-refractivity contribution in [3.05, 3.63) is 92.9 Å². The minimum absolute atomic E-state index is 0.0843.